The average Bonchev–Trinajstić information content (AvgIpc) is 3.11. The Morgan fingerprint density at radius 1 is 1.22 bits per heavy atom. The number of hydrogen-bond donors (Lipinski definition) is 1. The second-order valence-electron chi connectivity index (χ2n) is 7.70. The van der Waals surface area contributed by atoms with Crippen molar-refractivity contribution in [2.45, 2.75) is 45.3 Å². The van der Waals surface area contributed by atoms with E-state index in [1.165, 1.54) is 4.90 Å². The first-order chi connectivity index (χ1) is 12.7. The van der Waals surface area contributed by atoms with E-state index in [4.69, 9.17) is 9.26 Å². The predicted molar refractivity (Wildman–Crippen MR) is 96.3 cm³/mol. The molecular weight excluding hydrogens is 350 g/mol. The summed E-state index contributed by atoms with van der Waals surface area (Å²) in [7, 11) is 0. The topological polar surface area (TPSA) is 106 Å². The van der Waals surface area contributed by atoms with Gasteiger partial charge in [-0.3, -0.25) is 4.79 Å². The number of carboxylic acid groups (broad SMARTS) is 1. The number of aliphatic carboxylic acids is 1. The molecule has 1 N–H and O–H groups in total. The zero-order valence-corrected chi connectivity index (χ0v) is 15.8. The Kier molecular flexibility index (Phi) is 5.01. The quantitative estimate of drug-likeness (QED) is 0.880. The van der Waals surface area contributed by atoms with Gasteiger partial charge in [-0.1, -0.05) is 38.1 Å². The number of benzene rings is 1. The molecule has 2 aromatic rings. The minimum Gasteiger partial charge on any atom is -0.479 e. The number of carbonyl (C=O) groups is 2. The van der Waals surface area contributed by atoms with Gasteiger partial charge in [0.1, 0.15) is 0 Å². The average molecular weight is 373 g/mol. The van der Waals surface area contributed by atoms with Crippen molar-refractivity contribution >= 4 is 11.9 Å². The summed E-state index contributed by atoms with van der Waals surface area (Å²) in [5.41, 5.74) is 0.631. The molecule has 2 atom stereocenters. The number of nitrogens with zero attached hydrogens (tertiary/aromatic N) is 3. The maximum atomic E-state index is 13.1. The van der Waals surface area contributed by atoms with Crippen molar-refractivity contribution in [3.8, 4) is 11.5 Å². The summed E-state index contributed by atoms with van der Waals surface area (Å²) >= 11 is 0. The van der Waals surface area contributed by atoms with Gasteiger partial charge < -0.3 is 19.3 Å². The molecule has 144 valence electrons. The minimum atomic E-state index is -1.08. The summed E-state index contributed by atoms with van der Waals surface area (Å²) in [6.07, 6.45) is -1.41. The Hall–Kier alpha value is -2.74. The van der Waals surface area contributed by atoms with E-state index in [2.05, 4.69) is 10.1 Å². The van der Waals surface area contributed by atoms with Crippen LogP contribution in [0, 0.1) is 0 Å². The highest BCUT2D eigenvalue weighted by Crippen LogP contribution is 2.27. The van der Waals surface area contributed by atoms with E-state index in [-0.39, 0.29) is 29.9 Å². The van der Waals surface area contributed by atoms with Gasteiger partial charge in [0.05, 0.1) is 23.8 Å². The van der Waals surface area contributed by atoms with Gasteiger partial charge in [-0.2, -0.15) is 4.98 Å². The molecule has 1 aliphatic rings. The van der Waals surface area contributed by atoms with Gasteiger partial charge in [-0.25, -0.2) is 4.79 Å². The second kappa shape index (κ2) is 7.11. The maximum Gasteiger partial charge on any atom is 0.334 e. The lowest BCUT2D eigenvalue weighted by atomic mass is 9.96. The van der Waals surface area contributed by atoms with E-state index in [9.17, 15) is 14.7 Å². The molecule has 0 aliphatic carbocycles. The summed E-state index contributed by atoms with van der Waals surface area (Å²) in [6.45, 7) is 7.96. The lowest BCUT2D eigenvalue weighted by molar-refractivity contribution is -0.160. The molecule has 1 aliphatic heterocycles. The lowest BCUT2D eigenvalue weighted by Crippen LogP contribution is -2.51. The van der Waals surface area contributed by atoms with Crippen LogP contribution < -0.4 is 0 Å². The van der Waals surface area contributed by atoms with E-state index in [1.54, 1.807) is 31.2 Å². The lowest BCUT2D eigenvalue weighted by Gasteiger charge is -2.35. The molecule has 3 rings (SSSR count). The van der Waals surface area contributed by atoms with Gasteiger partial charge in [-0.05, 0) is 19.1 Å². The highest BCUT2D eigenvalue weighted by atomic mass is 16.5. The van der Waals surface area contributed by atoms with Crippen molar-refractivity contribution in [2.24, 2.45) is 0 Å². The standard InChI is InChI=1S/C19H23N3O5/c1-11-9-22(10-14(26-11)17(24)25)16(23)13-8-6-5-7-12(13)15-20-18(21-27-15)19(2,3)4/h5-8,11,14H,9-10H2,1-4H3,(H,24,25)/t11-,14?/m1/s1. The van der Waals surface area contributed by atoms with Crippen molar-refractivity contribution in [1.82, 2.24) is 15.0 Å². The number of rotatable bonds is 3. The first-order valence-electron chi connectivity index (χ1n) is 8.78. The zero-order chi connectivity index (χ0) is 19.8. The third kappa shape index (κ3) is 4.00. The molecule has 0 radical (unpaired) electrons. The summed E-state index contributed by atoms with van der Waals surface area (Å²) in [5, 5.41) is 13.3. The number of hydrogen-bond acceptors (Lipinski definition) is 6. The summed E-state index contributed by atoms with van der Waals surface area (Å²) in [5.74, 6) is -0.562. The van der Waals surface area contributed by atoms with Crippen molar-refractivity contribution in [2.75, 3.05) is 13.1 Å². The maximum absolute atomic E-state index is 13.1. The van der Waals surface area contributed by atoms with Crippen LogP contribution in [-0.2, 0) is 14.9 Å². The molecule has 0 spiro atoms. The monoisotopic (exact) mass is 373 g/mol. The van der Waals surface area contributed by atoms with Crippen molar-refractivity contribution in [3.05, 3.63) is 35.7 Å². The highest BCUT2D eigenvalue weighted by molar-refractivity contribution is 6.00. The molecule has 27 heavy (non-hydrogen) atoms. The first-order valence-corrected chi connectivity index (χ1v) is 8.78. The van der Waals surface area contributed by atoms with E-state index < -0.39 is 12.1 Å². The van der Waals surface area contributed by atoms with Crippen LogP contribution in [0.2, 0.25) is 0 Å². The Bertz CT molecular complexity index is 855. The number of amides is 1. The summed E-state index contributed by atoms with van der Waals surface area (Å²) in [6, 6.07) is 6.95. The van der Waals surface area contributed by atoms with E-state index in [0.29, 0.717) is 23.5 Å². The van der Waals surface area contributed by atoms with E-state index >= 15 is 0 Å². The fourth-order valence-electron chi connectivity index (χ4n) is 2.92. The molecular formula is C19H23N3O5. The zero-order valence-electron chi connectivity index (χ0n) is 15.8. The van der Waals surface area contributed by atoms with Gasteiger partial charge in [-0.15, -0.1) is 0 Å². The Balaban J connectivity index is 1.92. The van der Waals surface area contributed by atoms with Gasteiger partial charge in [0, 0.05) is 12.0 Å². The molecule has 1 unspecified atom stereocenters. The van der Waals surface area contributed by atoms with Crippen LogP contribution in [0.4, 0.5) is 0 Å². The second-order valence-corrected chi connectivity index (χ2v) is 7.70. The third-order valence-electron chi connectivity index (χ3n) is 4.31. The molecule has 1 saturated heterocycles. The highest BCUT2D eigenvalue weighted by Gasteiger charge is 2.34. The van der Waals surface area contributed by atoms with Crippen LogP contribution in [0.3, 0.4) is 0 Å². The molecule has 2 heterocycles. The molecule has 1 amide bonds. The third-order valence-corrected chi connectivity index (χ3v) is 4.31. The predicted octanol–water partition coefficient (Wildman–Crippen LogP) is 2.35. The SMILES string of the molecule is C[C@@H]1CN(C(=O)c2ccccc2-c2nc(C(C)(C)C)no2)CC(C(=O)O)O1. The number of carbonyl (C=O) groups excluding carboxylic acids is 1. The van der Waals surface area contributed by atoms with Gasteiger partial charge in [0.25, 0.3) is 11.8 Å². The number of morpholine rings is 1. The van der Waals surface area contributed by atoms with E-state index in [0.717, 1.165) is 0 Å². The van der Waals surface area contributed by atoms with Crippen LogP contribution in [0.15, 0.2) is 28.8 Å². The minimum absolute atomic E-state index is 0.0100. The molecule has 1 aromatic carbocycles. The molecule has 0 bridgehead atoms. The molecule has 1 aromatic heterocycles. The van der Waals surface area contributed by atoms with Crippen LogP contribution >= 0.6 is 0 Å². The summed E-state index contributed by atoms with van der Waals surface area (Å²) < 4.78 is 10.8. The Labute approximate surface area is 157 Å². The molecule has 0 saturated carbocycles. The number of ether oxygens (including phenoxy) is 1. The Morgan fingerprint density at radius 2 is 1.93 bits per heavy atom. The molecule has 8 nitrogen and oxygen atoms in total. The van der Waals surface area contributed by atoms with Crippen molar-refractivity contribution in [3.63, 3.8) is 0 Å². The van der Waals surface area contributed by atoms with Crippen molar-refractivity contribution in [1.29, 1.82) is 0 Å². The Morgan fingerprint density at radius 3 is 2.56 bits per heavy atom. The van der Waals surface area contributed by atoms with Gasteiger partial charge in [0.2, 0.25) is 0 Å². The fraction of sp³-hybridized carbons (Fsp3) is 0.474. The number of carboxylic acids is 1. The smallest absolute Gasteiger partial charge is 0.334 e. The fourth-order valence-corrected chi connectivity index (χ4v) is 2.92. The number of aromatic nitrogens is 2. The van der Waals surface area contributed by atoms with Gasteiger partial charge in [0.15, 0.2) is 11.9 Å². The molecule has 1 fully saturated rings. The van der Waals surface area contributed by atoms with Crippen molar-refractivity contribution < 1.29 is 24.0 Å². The van der Waals surface area contributed by atoms with E-state index in [1.807, 2.05) is 20.8 Å². The normalized spacial score (nSPS) is 20.5. The van der Waals surface area contributed by atoms with Crippen LogP contribution in [0.25, 0.3) is 11.5 Å². The van der Waals surface area contributed by atoms with Crippen LogP contribution in [-0.4, -0.2) is 57.3 Å². The van der Waals surface area contributed by atoms with Gasteiger partial charge >= 0.3 is 5.97 Å². The van der Waals surface area contributed by atoms with Crippen LogP contribution in [0.1, 0.15) is 43.9 Å². The summed E-state index contributed by atoms with van der Waals surface area (Å²) in [4.78, 5) is 30.3. The molecule has 8 heteroatoms. The largest absolute Gasteiger partial charge is 0.479 e. The first kappa shape index (κ1) is 19.0. The van der Waals surface area contributed by atoms with Crippen LogP contribution in [0.5, 0.6) is 0 Å².